The lowest BCUT2D eigenvalue weighted by Gasteiger charge is -2.37. The van der Waals surface area contributed by atoms with E-state index < -0.39 is 0 Å². The average molecular weight is 607 g/mol. The van der Waals surface area contributed by atoms with Crippen LogP contribution >= 0.6 is 0 Å². The Kier molecular flexibility index (Phi) is 7.75. The van der Waals surface area contributed by atoms with Gasteiger partial charge in [-0.3, -0.25) is 9.89 Å². The number of fused-ring (bicyclic) bond motifs is 2. The molecule has 1 atom stereocenters. The van der Waals surface area contributed by atoms with Crippen molar-refractivity contribution >= 4 is 5.71 Å². The second kappa shape index (κ2) is 12.0. The number of rotatable bonds is 4. The molecule has 0 amide bonds. The van der Waals surface area contributed by atoms with E-state index in [1.807, 2.05) is 24.3 Å². The summed E-state index contributed by atoms with van der Waals surface area (Å²) in [6.45, 7) is 1.62. The molecule has 0 N–H and O–H groups in total. The maximum atomic E-state index is 6.95. The van der Waals surface area contributed by atoms with Gasteiger partial charge in [0.15, 0.2) is 34.5 Å². The van der Waals surface area contributed by atoms with Gasteiger partial charge >= 0.3 is 0 Å². The highest BCUT2D eigenvalue weighted by atomic mass is 16.5. The highest BCUT2D eigenvalue weighted by molar-refractivity contribution is 6.04. The predicted molar refractivity (Wildman–Crippen MR) is 174 cm³/mol. The summed E-state index contributed by atoms with van der Waals surface area (Å²) < 4.78 is 36.8. The molecule has 0 aromatic heterocycles. The van der Waals surface area contributed by atoms with E-state index in [0.29, 0.717) is 53.2 Å². The Morgan fingerprint density at radius 2 is 1.47 bits per heavy atom. The molecule has 8 rings (SSSR count). The third-order valence-electron chi connectivity index (χ3n) is 9.13. The Morgan fingerprint density at radius 1 is 0.733 bits per heavy atom. The van der Waals surface area contributed by atoms with Crippen molar-refractivity contribution in [3.63, 3.8) is 0 Å². The summed E-state index contributed by atoms with van der Waals surface area (Å²) in [5.41, 5.74) is 7.75. The van der Waals surface area contributed by atoms with Crippen LogP contribution in [0.4, 0.5) is 0 Å². The Bertz CT molecular complexity index is 1780. The van der Waals surface area contributed by atoms with Gasteiger partial charge in [0.25, 0.3) is 0 Å². The van der Waals surface area contributed by atoms with E-state index in [-0.39, 0.29) is 6.04 Å². The maximum Gasteiger partial charge on any atom is 0.204 e. The van der Waals surface area contributed by atoms with Crippen LogP contribution in [0.1, 0.15) is 39.4 Å². The van der Waals surface area contributed by atoms with Gasteiger partial charge in [-0.1, -0.05) is 18.2 Å². The largest absolute Gasteiger partial charge is 0.493 e. The first kappa shape index (κ1) is 29.0. The van der Waals surface area contributed by atoms with E-state index in [0.717, 1.165) is 54.0 Å². The zero-order valence-corrected chi connectivity index (χ0v) is 26.4. The summed E-state index contributed by atoms with van der Waals surface area (Å²) in [5.74, 6) is 5.24. The van der Waals surface area contributed by atoms with Gasteiger partial charge in [-0.25, -0.2) is 0 Å². The van der Waals surface area contributed by atoms with Crippen molar-refractivity contribution in [1.29, 1.82) is 0 Å². The van der Waals surface area contributed by atoms with Crippen molar-refractivity contribution in [2.24, 2.45) is 4.99 Å². The average Bonchev–Trinajstić information content (AvgIpc) is 3.06. The quantitative estimate of drug-likeness (QED) is 0.248. The maximum absolute atomic E-state index is 6.95. The Morgan fingerprint density at radius 3 is 2.22 bits per heavy atom. The Labute approximate surface area is 264 Å². The van der Waals surface area contributed by atoms with Gasteiger partial charge < -0.3 is 28.4 Å². The molecule has 0 radical (unpaired) electrons. The van der Waals surface area contributed by atoms with Crippen LogP contribution in [0.3, 0.4) is 0 Å². The fourth-order valence-electron chi connectivity index (χ4n) is 6.75. The Hall–Kier alpha value is -4.69. The molecule has 1 unspecified atom stereocenters. The number of nitrogens with zero attached hydrogens (tertiary/aromatic N) is 2. The summed E-state index contributed by atoms with van der Waals surface area (Å²) in [5, 5.41) is 0. The third kappa shape index (κ3) is 5.33. The molecule has 232 valence electrons. The number of aliphatic imine (C=N–C) groups is 1. The van der Waals surface area contributed by atoms with Crippen LogP contribution in [0.25, 0.3) is 0 Å². The van der Waals surface area contributed by atoms with Crippen LogP contribution in [0, 0.1) is 0 Å². The number of hydrogen-bond acceptors (Lipinski definition) is 8. The predicted octanol–water partition coefficient (Wildman–Crippen LogP) is 6.98. The number of likely N-dealkylation sites (N-methyl/N-ethyl adjacent to an activating group) is 1. The van der Waals surface area contributed by atoms with E-state index in [2.05, 4.69) is 48.3 Å². The standard InChI is InChI=1S/C37H38N2O6/c1-39-15-13-25-20-34(42-4)36(43-5)37-35(25)29(39)17-22-6-9-26(10-7-22)44-32-18-23(8-11-30(32)40-2)16-28-27-21-33(45-37)31(41-3)19-24(27)12-14-38-28/h6-11,18-21,29H,12-17H2,1-5H3. The fourth-order valence-corrected chi connectivity index (χ4v) is 6.75. The molecule has 0 saturated carbocycles. The van der Waals surface area contributed by atoms with Crippen molar-refractivity contribution in [1.82, 2.24) is 4.90 Å². The van der Waals surface area contributed by atoms with Crippen LogP contribution in [0.15, 0.2) is 65.7 Å². The molecule has 0 fully saturated rings. The molecule has 45 heavy (non-hydrogen) atoms. The molecule has 6 bridgehead atoms. The SMILES string of the molecule is COc1ccc2cc1Oc1ccc(cc1)CC1c3c(cc(OC)c(OC)c3Oc3cc4c(cc3OC)CCN=C4C2)CCN1C. The first-order valence-electron chi connectivity index (χ1n) is 15.3. The van der Waals surface area contributed by atoms with Gasteiger partial charge in [0.2, 0.25) is 5.75 Å². The molecule has 4 aromatic carbocycles. The van der Waals surface area contributed by atoms with Crippen LogP contribution in [-0.4, -0.2) is 59.2 Å². The van der Waals surface area contributed by atoms with E-state index >= 15 is 0 Å². The minimum absolute atomic E-state index is 0.0340. The lowest BCUT2D eigenvalue weighted by molar-refractivity contribution is 0.221. The zero-order chi connectivity index (χ0) is 31.1. The summed E-state index contributed by atoms with van der Waals surface area (Å²) in [7, 11) is 8.84. The fraction of sp³-hybridized carbons (Fsp3) is 0.324. The van der Waals surface area contributed by atoms with E-state index in [1.54, 1.807) is 28.4 Å². The highest BCUT2D eigenvalue weighted by Gasteiger charge is 2.34. The van der Waals surface area contributed by atoms with E-state index in [4.69, 9.17) is 33.4 Å². The molecule has 0 spiro atoms. The van der Waals surface area contributed by atoms with Crippen LogP contribution in [0.5, 0.6) is 46.0 Å². The van der Waals surface area contributed by atoms with Crippen molar-refractivity contribution in [2.75, 3.05) is 48.6 Å². The van der Waals surface area contributed by atoms with Crippen molar-refractivity contribution in [3.8, 4) is 46.0 Å². The monoisotopic (exact) mass is 606 g/mol. The topological polar surface area (TPSA) is 71.0 Å². The molecular weight excluding hydrogens is 568 g/mol. The minimum Gasteiger partial charge on any atom is -0.493 e. The lowest BCUT2D eigenvalue weighted by atomic mass is 9.87. The van der Waals surface area contributed by atoms with Crippen LogP contribution in [-0.2, 0) is 25.7 Å². The molecule has 4 heterocycles. The molecule has 0 saturated heterocycles. The van der Waals surface area contributed by atoms with Crippen molar-refractivity contribution < 1.29 is 28.4 Å². The van der Waals surface area contributed by atoms with Gasteiger partial charge in [0, 0.05) is 42.4 Å². The first-order valence-corrected chi connectivity index (χ1v) is 15.3. The number of benzene rings is 4. The van der Waals surface area contributed by atoms with Crippen LogP contribution < -0.4 is 28.4 Å². The summed E-state index contributed by atoms with van der Waals surface area (Å²) in [6.07, 6.45) is 3.09. The molecule has 0 aliphatic carbocycles. The first-order chi connectivity index (χ1) is 22.0. The molecule has 8 heteroatoms. The second-order valence-corrected chi connectivity index (χ2v) is 11.7. The normalized spacial score (nSPS) is 17.1. The van der Waals surface area contributed by atoms with Gasteiger partial charge in [0.1, 0.15) is 5.75 Å². The summed E-state index contributed by atoms with van der Waals surface area (Å²) in [6, 6.07) is 20.6. The lowest BCUT2D eigenvalue weighted by Crippen LogP contribution is -2.34. The zero-order valence-electron chi connectivity index (χ0n) is 26.4. The van der Waals surface area contributed by atoms with Crippen molar-refractivity contribution in [2.45, 2.75) is 31.7 Å². The number of hydrogen-bond donors (Lipinski definition) is 0. The van der Waals surface area contributed by atoms with E-state index in [9.17, 15) is 0 Å². The van der Waals surface area contributed by atoms with Gasteiger partial charge in [-0.15, -0.1) is 0 Å². The highest BCUT2D eigenvalue weighted by Crippen LogP contribution is 2.51. The summed E-state index contributed by atoms with van der Waals surface area (Å²) >= 11 is 0. The molecule has 4 aromatic rings. The number of methoxy groups -OCH3 is 4. The van der Waals surface area contributed by atoms with Gasteiger partial charge in [-0.2, -0.15) is 0 Å². The Balaban J connectivity index is 1.45. The van der Waals surface area contributed by atoms with Gasteiger partial charge in [-0.05, 0) is 91.0 Å². The smallest absolute Gasteiger partial charge is 0.204 e. The van der Waals surface area contributed by atoms with Crippen molar-refractivity contribution in [3.05, 3.63) is 94.0 Å². The molecule has 4 aliphatic heterocycles. The van der Waals surface area contributed by atoms with Gasteiger partial charge in [0.05, 0.1) is 28.4 Å². The second-order valence-electron chi connectivity index (χ2n) is 11.7. The molecular formula is C37H38N2O6. The summed E-state index contributed by atoms with van der Waals surface area (Å²) in [4.78, 5) is 7.37. The molecule has 4 aliphatic rings. The van der Waals surface area contributed by atoms with Crippen LogP contribution in [0.2, 0.25) is 0 Å². The number of ether oxygens (including phenoxy) is 6. The van der Waals surface area contributed by atoms with E-state index in [1.165, 1.54) is 16.7 Å². The minimum atomic E-state index is 0.0340. The third-order valence-corrected chi connectivity index (χ3v) is 9.13. The molecule has 8 nitrogen and oxygen atoms in total.